The number of Topliss-reactive ketones (excluding diaryl/α,β-unsaturated/α-hetero) is 2. The zero-order chi connectivity index (χ0) is 9.35. The fourth-order valence-corrected chi connectivity index (χ4v) is 1.96. The Labute approximate surface area is 69.5 Å². The Balaban J connectivity index is 2.89. The van der Waals surface area contributed by atoms with Crippen LogP contribution in [0.4, 0.5) is 0 Å². The molecule has 1 saturated carbocycles. The van der Waals surface area contributed by atoms with Crippen molar-refractivity contribution in [3.05, 3.63) is 0 Å². The van der Waals surface area contributed by atoms with Crippen molar-refractivity contribution in [2.45, 2.75) is 24.5 Å². The van der Waals surface area contributed by atoms with Gasteiger partial charge in [0.05, 0.1) is 0 Å². The summed E-state index contributed by atoms with van der Waals surface area (Å²) in [7, 11) is -4.38. The summed E-state index contributed by atoms with van der Waals surface area (Å²) in [6.07, 6.45) is -0.369. The molecule has 0 saturated heterocycles. The molecule has 0 aliphatic heterocycles. The van der Waals surface area contributed by atoms with E-state index in [2.05, 4.69) is 0 Å². The maximum Gasteiger partial charge on any atom is 0.275 e. The SMILES string of the molecule is O=C1CCC(=O)C(S(=O)(=O)O)C1. The fraction of sp³-hybridized carbons (Fsp3) is 0.667. The van der Waals surface area contributed by atoms with Crippen molar-refractivity contribution < 1.29 is 22.6 Å². The largest absolute Gasteiger partial charge is 0.300 e. The zero-order valence-corrected chi connectivity index (χ0v) is 7.00. The Bertz CT molecular complexity index is 315. The summed E-state index contributed by atoms with van der Waals surface area (Å²) in [5.74, 6) is -0.866. The van der Waals surface area contributed by atoms with Crippen molar-refractivity contribution in [1.29, 1.82) is 0 Å². The van der Waals surface area contributed by atoms with Gasteiger partial charge in [0.2, 0.25) is 0 Å². The molecule has 1 aliphatic rings. The van der Waals surface area contributed by atoms with Gasteiger partial charge >= 0.3 is 0 Å². The van der Waals surface area contributed by atoms with Gasteiger partial charge in [-0.25, -0.2) is 0 Å². The molecule has 0 aromatic heterocycles. The molecule has 1 rings (SSSR count). The fourth-order valence-electron chi connectivity index (χ4n) is 1.12. The van der Waals surface area contributed by atoms with Gasteiger partial charge in [0.1, 0.15) is 5.78 Å². The van der Waals surface area contributed by atoms with Gasteiger partial charge in [0, 0.05) is 19.3 Å². The number of hydrogen-bond donors (Lipinski definition) is 1. The van der Waals surface area contributed by atoms with Crippen molar-refractivity contribution in [2.24, 2.45) is 0 Å². The monoisotopic (exact) mass is 192 g/mol. The number of ketones is 2. The molecule has 0 heterocycles. The Morgan fingerprint density at radius 3 is 2.25 bits per heavy atom. The van der Waals surface area contributed by atoms with Gasteiger partial charge in [-0.15, -0.1) is 0 Å². The summed E-state index contributed by atoms with van der Waals surface area (Å²) in [4.78, 5) is 21.6. The summed E-state index contributed by atoms with van der Waals surface area (Å²) in [5, 5.41) is -1.52. The van der Waals surface area contributed by atoms with Crippen LogP contribution in [0.2, 0.25) is 0 Å². The number of rotatable bonds is 1. The highest BCUT2D eigenvalue weighted by Crippen LogP contribution is 2.17. The molecule has 1 N–H and O–H groups in total. The van der Waals surface area contributed by atoms with Crippen LogP contribution in [0, 0.1) is 0 Å². The maximum absolute atomic E-state index is 10.9. The van der Waals surface area contributed by atoms with Gasteiger partial charge in [-0.05, 0) is 0 Å². The molecular formula is C6H8O5S. The first-order chi connectivity index (χ1) is 5.41. The van der Waals surface area contributed by atoms with E-state index in [-0.39, 0.29) is 25.0 Å². The molecule has 0 radical (unpaired) electrons. The number of carbonyl (C=O) groups is 2. The lowest BCUT2D eigenvalue weighted by Gasteiger charge is -2.16. The molecule has 1 atom stereocenters. The average Bonchev–Trinajstić information content (AvgIpc) is 1.92. The van der Waals surface area contributed by atoms with Gasteiger partial charge in [-0.1, -0.05) is 0 Å². The standard InChI is InChI=1S/C6H8O5S/c7-4-1-2-5(8)6(3-4)12(9,10)11/h6H,1-3H2,(H,9,10,11). The highest BCUT2D eigenvalue weighted by Gasteiger charge is 2.36. The van der Waals surface area contributed by atoms with Crippen LogP contribution in [0.25, 0.3) is 0 Å². The summed E-state index contributed by atoms with van der Waals surface area (Å²) < 4.78 is 29.6. The molecular weight excluding hydrogens is 184 g/mol. The van der Waals surface area contributed by atoms with E-state index in [0.717, 1.165) is 0 Å². The number of carbonyl (C=O) groups excluding carboxylic acids is 2. The third kappa shape index (κ3) is 1.89. The van der Waals surface area contributed by atoms with Crippen LogP contribution in [-0.4, -0.2) is 29.8 Å². The van der Waals surface area contributed by atoms with Crippen LogP contribution >= 0.6 is 0 Å². The molecule has 0 bridgehead atoms. The van der Waals surface area contributed by atoms with Crippen LogP contribution in [0.5, 0.6) is 0 Å². The van der Waals surface area contributed by atoms with Crippen LogP contribution in [0.1, 0.15) is 19.3 Å². The second-order valence-electron chi connectivity index (χ2n) is 2.71. The van der Waals surface area contributed by atoms with Crippen LogP contribution < -0.4 is 0 Å². The Kier molecular flexibility index (Phi) is 2.29. The third-order valence-electron chi connectivity index (χ3n) is 1.78. The lowest BCUT2D eigenvalue weighted by molar-refractivity contribution is -0.128. The molecule has 6 heteroatoms. The Hall–Kier alpha value is -0.750. The third-order valence-corrected chi connectivity index (χ3v) is 2.93. The molecule has 1 aliphatic carbocycles. The molecule has 1 fully saturated rings. The van der Waals surface area contributed by atoms with Gasteiger partial charge in [-0.2, -0.15) is 8.42 Å². The average molecular weight is 192 g/mol. The highest BCUT2D eigenvalue weighted by molar-refractivity contribution is 7.87. The van der Waals surface area contributed by atoms with Gasteiger partial charge < -0.3 is 0 Å². The minimum atomic E-state index is -4.38. The van der Waals surface area contributed by atoms with E-state index in [1.54, 1.807) is 0 Å². The van der Waals surface area contributed by atoms with E-state index in [1.165, 1.54) is 0 Å². The van der Waals surface area contributed by atoms with Crippen molar-refractivity contribution in [3.63, 3.8) is 0 Å². The second-order valence-corrected chi connectivity index (χ2v) is 4.31. The van der Waals surface area contributed by atoms with E-state index in [9.17, 15) is 18.0 Å². The second kappa shape index (κ2) is 2.95. The Morgan fingerprint density at radius 2 is 1.83 bits per heavy atom. The normalized spacial score (nSPS) is 25.9. The predicted molar refractivity (Wildman–Crippen MR) is 39.2 cm³/mol. The lowest BCUT2D eigenvalue weighted by atomic mass is 9.98. The molecule has 68 valence electrons. The Morgan fingerprint density at radius 1 is 1.25 bits per heavy atom. The maximum atomic E-state index is 10.9. The first-order valence-corrected chi connectivity index (χ1v) is 4.92. The summed E-state index contributed by atoms with van der Waals surface area (Å²) in [5.41, 5.74) is 0. The van der Waals surface area contributed by atoms with E-state index < -0.39 is 21.2 Å². The molecule has 0 amide bonds. The summed E-state index contributed by atoms with van der Waals surface area (Å²) in [6.45, 7) is 0. The van der Waals surface area contributed by atoms with Crippen molar-refractivity contribution >= 4 is 21.7 Å². The molecule has 0 aromatic rings. The first-order valence-electron chi connectivity index (χ1n) is 3.42. The topological polar surface area (TPSA) is 88.5 Å². The smallest absolute Gasteiger partial charge is 0.275 e. The van der Waals surface area contributed by atoms with Crippen LogP contribution in [-0.2, 0) is 19.7 Å². The van der Waals surface area contributed by atoms with Crippen molar-refractivity contribution in [3.8, 4) is 0 Å². The van der Waals surface area contributed by atoms with Gasteiger partial charge in [0.15, 0.2) is 11.0 Å². The molecule has 0 aromatic carbocycles. The number of hydrogen-bond acceptors (Lipinski definition) is 4. The quantitative estimate of drug-likeness (QED) is 0.569. The van der Waals surface area contributed by atoms with Crippen LogP contribution in [0.3, 0.4) is 0 Å². The minimum absolute atomic E-state index is 0.0801. The summed E-state index contributed by atoms with van der Waals surface area (Å²) in [6, 6.07) is 0. The highest BCUT2D eigenvalue weighted by atomic mass is 32.2. The van der Waals surface area contributed by atoms with E-state index >= 15 is 0 Å². The first kappa shape index (κ1) is 9.34. The van der Waals surface area contributed by atoms with E-state index in [0.29, 0.717) is 0 Å². The zero-order valence-electron chi connectivity index (χ0n) is 6.19. The van der Waals surface area contributed by atoms with Gasteiger partial charge in [-0.3, -0.25) is 14.1 Å². The van der Waals surface area contributed by atoms with Gasteiger partial charge in [0.25, 0.3) is 10.1 Å². The molecule has 1 unspecified atom stereocenters. The molecule has 12 heavy (non-hydrogen) atoms. The van der Waals surface area contributed by atoms with Crippen molar-refractivity contribution in [1.82, 2.24) is 0 Å². The van der Waals surface area contributed by atoms with E-state index in [1.807, 2.05) is 0 Å². The summed E-state index contributed by atoms with van der Waals surface area (Å²) >= 11 is 0. The molecule has 5 nitrogen and oxygen atoms in total. The predicted octanol–water partition coefficient (Wildman–Crippen LogP) is -0.435. The van der Waals surface area contributed by atoms with E-state index in [4.69, 9.17) is 4.55 Å². The minimum Gasteiger partial charge on any atom is -0.300 e. The molecule has 0 spiro atoms. The van der Waals surface area contributed by atoms with Crippen molar-refractivity contribution in [2.75, 3.05) is 0 Å². The lowest BCUT2D eigenvalue weighted by Crippen LogP contribution is -2.36. The van der Waals surface area contributed by atoms with Crippen LogP contribution in [0.15, 0.2) is 0 Å².